The fourth-order valence-corrected chi connectivity index (χ4v) is 2.81. The van der Waals surface area contributed by atoms with Gasteiger partial charge in [0.1, 0.15) is 11.9 Å². The Morgan fingerprint density at radius 3 is 2.96 bits per heavy atom. The summed E-state index contributed by atoms with van der Waals surface area (Å²) >= 11 is 0. The van der Waals surface area contributed by atoms with E-state index in [0.717, 1.165) is 42.9 Å². The molecule has 1 aliphatic rings. The maximum Gasteiger partial charge on any atom is 0.143 e. The number of anilines is 1. The second-order valence-corrected chi connectivity index (χ2v) is 6.03. The lowest BCUT2D eigenvalue weighted by Crippen LogP contribution is -2.21. The number of methoxy groups -OCH3 is 1. The van der Waals surface area contributed by atoms with Gasteiger partial charge in [0.15, 0.2) is 0 Å². The van der Waals surface area contributed by atoms with Gasteiger partial charge in [0.2, 0.25) is 0 Å². The maximum absolute atomic E-state index is 6.10. The molecule has 1 aromatic heterocycles. The average molecular weight is 316 g/mol. The predicted molar refractivity (Wildman–Crippen MR) is 90.5 cm³/mol. The van der Waals surface area contributed by atoms with Crippen molar-refractivity contribution >= 4 is 5.69 Å². The lowest BCUT2D eigenvalue weighted by Gasteiger charge is -2.16. The molecule has 2 heterocycles. The Hall–Kier alpha value is -2.05. The highest BCUT2D eigenvalue weighted by Gasteiger charge is 2.21. The lowest BCUT2D eigenvalue weighted by molar-refractivity contribution is 0.183. The van der Waals surface area contributed by atoms with Crippen LogP contribution in [0.4, 0.5) is 5.69 Å². The number of hydrogen-bond acceptors (Lipinski definition) is 5. The summed E-state index contributed by atoms with van der Waals surface area (Å²) < 4.78 is 13.1. The number of likely N-dealkylation sites (tertiary alicyclic amines) is 1. The van der Waals surface area contributed by atoms with E-state index in [4.69, 9.17) is 15.2 Å². The van der Waals surface area contributed by atoms with Crippen LogP contribution in [0.3, 0.4) is 0 Å². The van der Waals surface area contributed by atoms with Gasteiger partial charge in [-0.25, -0.2) is 0 Å². The first-order valence-corrected chi connectivity index (χ1v) is 7.92. The highest BCUT2D eigenvalue weighted by Crippen LogP contribution is 2.30. The first-order chi connectivity index (χ1) is 11.2. The first-order valence-electron chi connectivity index (χ1n) is 7.92. The Morgan fingerprint density at radius 1 is 1.35 bits per heavy atom. The summed E-state index contributed by atoms with van der Waals surface area (Å²) in [5.41, 5.74) is 8.86. The van der Waals surface area contributed by atoms with Crippen LogP contribution in [0.15, 0.2) is 30.6 Å². The topological polar surface area (TPSA) is 65.5 Å². The SMILES string of the molecule is COCCn1cc(-c2ccc(N)c(OC3CCN(C)C3)c2)cn1. The normalized spacial score (nSPS) is 18.4. The van der Waals surface area contributed by atoms with Gasteiger partial charge < -0.3 is 20.1 Å². The van der Waals surface area contributed by atoms with Crippen molar-refractivity contribution in [1.29, 1.82) is 0 Å². The third-order valence-electron chi connectivity index (χ3n) is 4.15. The number of ether oxygens (including phenoxy) is 2. The molecule has 2 aromatic rings. The molecule has 0 saturated carbocycles. The molecule has 1 saturated heterocycles. The van der Waals surface area contributed by atoms with Gasteiger partial charge in [0, 0.05) is 32.0 Å². The van der Waals surface area contributed by atoms with Crippen LogP contribution in [0.25, 0.3) is 11.1 Å². The molecule has 0 bridgehead atoms. The summed E-state index contributed by atoms with van der Waals surface area (Å²) in [6.07, 6.45) is 5.11. The summed E-state index contributed by atoms with van der Waals surface area (Å²) in [6.45, 7) is 3.39. The zero-order valence-corrected chi connectivity index (χ0v) is 13.7. The lowest BCUT2D eigenvalue weighted by atomic mass is 10.1. The summed E-state index contributed by atoms with van der Waals surface area (Å²) in [6, 6.07) is 5.90. The molecule has 1 aromatic carbocycles. The van der Waals surface area contributed by atoms with Gasteiger partial charge in [0.25, 0.3) is 0 Å². The van der Waals surface area contributed by atoms with Gasteiger partial charge in [0.05, 0.1) is 25.0 Å². The minimum Gasteiger partial charge on any atom is -0.487 e. The van der Waals surface area contributed by atoms with E-state index in [2.05, 4.69) is 17.0 Å². The molecule has 6 heteroatoms. The monoisotopic (exact) mass is 316 g/mol. The molecule has 124 valence electrons. The zero-order chi connectivity index (χ0) is 16.2. The fourth-order valence-electron chi connectivity index (χ4n) is 2.81. The van der Waals surface area contributed by atoms with E-state index in [9.17, 15) is 0 Å². The van der Waals surface area contributed by atoms with E-state index in [1.54, 1.807) is 7.11 Å². The molecular formula is C17H24N4O2. The van der Waals surface area contributed by atoms with Crippen molar-refractivity contribution in [3.8, 4) is 16.9 Å². The molecule has 1 aliphatic heterocycles. The van der Waals surface area contributed by atoms with Crippen LogP contribution < -0.4 is 10.5 Å². The molecule has 1 unspecified atom stereocenters. The molecule has 0 aliphatic carbocycles. The summed E-state index contributed by atoms with van der Waals surface area (Å²) in [5.74, 6) is 0.757. The summed E-state index contributed by atoms with van der Waals surface area (Å²) in [4.78, 5) is 2.27. The Kier molecular flexibility index (Phi) is 4.83. The van der Waals surface area contributed by atoms with Crippen LogP contribution in [-0.2, 0) is 11.3 Å². The molecule has 0 spiro atoms. The van der Waals surface area contributed by atoms with Crippen LogP contribution >= 0.6 is 0 Å². The quantitative estimate of drug-likeness (QED) is 0.824. The number of nitrogen functional groups attached to an aromatic ring is 1. The second kappa shape index (κ2) is 7.02. The van der Waals surface area contributed by atoms with Crippen molar-refractivity contribution in [2.24, 2.45) is 0 Å². The van der Waals surface area contributed by atoms with Gasteiger partial charge in [-0.3, -0.25) is 4.68 Å². The standard InChI is InChI=1S/C17H24N4O2/c1-20-6-5-15(12-20)23-17-9-13(3-4-16(17)18)14-10-19-21(11-14)7-8-22-2/h3-4,9-11,15H,5-8,12,18H2,1-2H3. The minimum atomic E-state index is 0.210. The third-order valence-corrected chi connectivity index (χ3v) is 4.15. The number of likely N-dealkylation sites (N-methyl/N-ethyl adjacent to an activating group) is 1. The first kappa shape index (κ1) is 15.8. The van der Waals surface area contributed by atoms with Crippen molar-refractivity contribution in [2.45, 2.75) is 19.1 Å². The van der Waals surface area contributed by atoms with E-state index in [1.807, 2.05) is 35.3 Å². The Balaban J connectivity index is 1.75. The Morgan fingerprint density at radius 2 is 2.22 bits per heavy atom. The third kappa shape index (κ3) is 3.83. The van der Waals surface area contributed by atoms with Crippen LogP contribution in [0.2, 0.25) is 0 Å². The molecule has 0 amide bonds. The van der Waals surface area contributed by atoms with Gasteiger partial charge in [-0.15, -0.1) is 0 Å². The predicted octanol–water partition coefficient (Wildman–Crippen LogP) is 1.86. The second-order valence-electron chi connectivity index (χ2n) is 6.03. The highest BCUT2D eigenvalue weighted by molar-refractivity contribution is 5.69. The van der Waals surface area contributed by atoms with E-state index < -0.39 is 0 Å². The molecule has 0 radical (unpaired) electrons. The molecule has 3 rings (SSSR count). The van der Waals surface area contributed by atoms with Crippen LogP contribution in [0.1, 0.15) is 6.42 Å². The number of nitrogens with zero attached hydrogens (tertiary/aromatic N) is 3. The van der Waals surface area contributed by atoms with Crippen molar-refractivity contribution in [2.75, 3.05) is 39.6 Å². The van der Waals surface area contributed by atoms with E-state index in [-0.39, 0.29) is 6.10 Å². The van der Waals surface area contributed by atoms with Crippen molar-refractivity contribution in [3.63, 3.8) is 0 Å². The Bertz CT molecular complexity index is 656. The van der Waals surface area contributed by atoms with Crippen LogP contribution in [0.5, 0.6) is 5.75 Å². The number of hydrogen-bond donors (Lipinski definition) is 1. The number of rotatable bonds is 6. The molecule has 1 fully saturated rings. The molecular weight excluding hydrogens is 292 g/mol. The van der Waals surface area contributed by atoms with Gasteiger partial charge in [-0.05, 0) is 31.2 Å². The van der Waals surface area contributed by atoms with Crippen LogP contribution in [-0.4, -0.2) is 54.6 Å². The number of nitrogens with two attached hydrogens (primary N) is 1. The highest BCUT2D eigenvalue weighted by atomic mass is 16.5. The summed E-state index contributed by atoms with van der Waals surface area (Å²) in [7, 11) is 3.80. The maximum atomic E-state index is 6.10. The smallest absolute Gasteiger partial charge is 0.143 e. The van der Waals surface area contributed by atoms with E-state index in [0.29, 0.717) is 12.3 Å². The molecule has 1 atom stereocenters. The molecule has 6 nitrogen and oxygen atoms in total. The van der Waals surface area contributed by atoms with Gasteiger partial charge >= 0.3 is 0 Å². The average Bonchev–Trinajstić information content (AvgIpc) is 3.16. The van der Waals surface area contributed by atoms with Gasteiger partial charge in [-0.2, -0.15) is 5.10 Å². The number of aromatic nitrogens is 2. The molecule has 23 heavy (non-hydrogen) atoms. The Labute approximate surface area is 136 Å². The van der Waals surface area contributed by atoms with Crippen LogP contribution in [0, 0.1) is 0 Å². The minimum absolute atomic E-state index is 0.210. The van der Waals surface area contributed by atoms with Crippen molar-refractivity contribution < 1.29 is 9.47 Å². The largest absolute Gasteiger partial charge is 0.487 e. The van der Waals surface area contributed by atoms with Crippen molar-refractivity contribution in [1.82, 2.24) is 14.7 Å². The van der Waals surface area contributed by atoms with Gasteiger partial charge in [-0.1, -0.05) is 6.07 Å². The molecule has 2 N–H and O–H groups in total. The fraction of sp³-hybridized carbons (Fsp3) is 0.471. The zero-order valence-electron chi connectivity index (χ0n) is 13.7. The van der Waals surface area contributed by atoms with Crippen molar-refractivity contribution in [3.05, 3.63) is 30.6 Å². The summed E-state index contributed by atoms with van der Waals surface area (Å²) in [5, 5.41) is 4.35. The van der Waals surface area contributed by atoms with E-state index in [1.165, 1.54) is 0 Å². The van der Waals surface area contributed by atoms with E-state index >= 15 is 0 Å². The number of benzene rings is 1.